The first kappa shape index (κ1) is 13.0. The highest BCUT2D eigenvalue weighted by Crippen LogP contribution is 2.14. The Labute approximate surface area is 99.1 Å². The number of aromatic nitrogens is 1. The molecule has 0 spiro atoms. The molecule has 92 valence electrons. The second-order valence-electron chi connectivity index (χ2n) is 3.86. The van der Waals surface area contributed by atoms with Crippen molar-refractivity contribution in [3.05, 3.63) is 23.9 Å². The first-order valence-electron chi connectivity index (χ1n) is 5.17. The van der Waals surface area contributed by atoms with Crippen LogP contribution in [0.2, 0.25) is 0 Å². The summed E-state index contributed by atoms with van der Waals surface area (Å²) in [6.07, 6.45) is 0. The van der Waals surface area contributed by atoms with Crippen LogP contribution in [0.3, 0.4) is 0 Å². The number of hydrogen-bond donors (Lipinski definition) is 2. The fourth-order valence-electron chi connectivity index (χ4n) is 1.39. The van der Waals surface area contributed by atoms with Crippen molar-refractivity contribution >= 4 is 17.7 Å². The molecule has 1 amide bonds. The summed E-state index contributed by atoms with van der Waals surface area (Å²) in [7, 11) is 0. The predicted octanol–water partition coefficient (Wildman–Crippen LogP) is 0.480. The largest absolute Gasteiger partial charge is 0.480 e. The monoisotopic (exact) mass is 237 g/mol. The number of primary amides is 1. The maximum atomic E-state index is 11.0. The van der Waals surface area contributed by atoms with Crippen molar-refractivity contribution in [3.63, 3.8) is 0 Å². The number of carboxylic acid groups (broad SMARTS) is 1. The van der Waals surface area contributed by atoms with Crippen LogP contribution >= 0.6 is 0 Å². The van der Waals surface area contributed by atoms with E-state index in [1.807, 2.05) is 13.8 Å². The summed E-state index contributed by atoms with van der Waals surface area (Å²) in [6, 6.07) is 4.72. The summed E-state index contributed by atoms with van der Waals surface area (Å²) in [5.74, 6) is -1.16. The van der Waals surface area contributed by atoms with Crippen molar-refractivity contribution < 1.29 is 14.7 Å². The number of carboxylic acids is 1. The molecule has 1 aromatic rings. The van der Waals surface area contributed by atoms with Gasteiger partial charge in [0.1, 0.15) is 18.1 Å². The number of carbonyl (C=O) groups is 2. The van der Waals surface area contributed by atoms with Gasteiger partial charge in [0.2, 0.25) is 0 Å². The summed E-state index contributed by atoms with van der Waals surface area (Å²) in [4.78, 5) is 27.4. The highest BCUT2D eigenvalue weighted by molar-refractivity contribution is 5.91. The van der Waals surface area contributed by atoms with E-state index in [4.69, 9.17) is 10.8 Å². The topological polar surface area (TPSA) is 96.5 Å². The van der Waals surface area contributed by atoms with Gasteiger partial charge in [0.05, 0.1) is 0 Å². The third-order valence-corrected chi connectivity index (χ3v) is 2.21. The molecular weight excluding hydrogens is 222 g/mol. The molecule has 0 saturated heterocycles. The van der Waals surface area contributed by atoms with Gasteiger partial charge in [-0.1, -0.05) is 6.07 Å². The molecule has 0 aliphatic carbocycles. The molecule has 0 aliphatic rings. The fourth-order valence-corrected chi connectivity index (χ4v) is 1.39. The lowest BCUT2D eigenvalue weighted by Gasteiger charge is -2.26. The standard InChI is InChI=1S/C11H15N3O3/c1-7(2)14(6-10(15)16)9-5-3-4-8(13-9)11(12)17/h3-5,7H,6H2,1-2H3,(H2,12,17)(H,15,16). The quantitative estimate of drug-likeness (QED) is 0.776. The van der Waals surface area contributed by atoms with Crippen molar-refractivity contribution in [1.82, 2.24) is 4.98 Å². The molecule has 0 bridgehead atoms. The van der Waals surface area contributed by atoms with Crippen molar-refractivity contribution in [1.29, 1.82) is 0 Å². The maximum absolute atomic E-state index is 11.0. The van der Waals surface area contributed by atoms with Crippen molar-refractivity contribution in [2.75, 3.05) is 11.4 Å². The number of rotatable bonds is 5. The van der Waals surface area contributed by atoms with E-state index < -0.39 is 11.9 Å². The Hall–Kier alpha value is -2.11. The van der Waals surface area contributed by atoms with Crippen LogP contribution in [0.4, 0.5) is 5.82 Å². The molecule has 0 atom stereocenters. The van der Waals surface area contributed by atoms with Crippen molar-refractivity contribution in [2.45, 2.75) is 19.9 Å². The van der Waals surface area contributed by atoms with Gasteiger partial charge in [-0.3, -0.25) is 9.59 Å². The van der Waals surface area contributed by atoms with Crippen LogP contribution in [0.1, 0.15) is 24.3 Å². The number of nitrogens with two attached hydrogens (primary N) is 1. The lowest BCUT2D eigenvalue weighted by Crippen LogP contribution is -2.36. The first-order valence-corrected chi connectivity index (χ1v) is 5.17. The van der Waals surface area contributed by atoms with Crippen molar-refractivity contribution in [3.8, 4) is 0 Å². The van der Waals surface area contributed by atoms with Gasteiger partial charge in [-0.2, -0.15) is 0 Å². The van der Waals surface area contributed by atoms with Crippen LogP contribution in [0, 0.1) is 0 Å². The van der Waals surface area contributed by atoms with Gasteiger partial charge in [-0.15, -0.1) is 0 Å². The number of hydrogen-bond acceptors (Lipinski definition) is 4. The Morgan fingerprint density at radius 2 is 2.12 bits per heavy atom. The van der Waals surface area contributed by atoms with E-state index in [1.54, 1.807) is 17.0 Å². The SMILES string of the molecule is CC(C)N(CC(=O)O)c1cccc(C(N)=O)n1. The van der Waals surface area contributed by atoms with Crippen LogP contribution in [0.25, 0.3) is 0 Å². The minimum atomic E-state index is -0.954. The zero-order chi connectivity index (χ0) is 13.0. The van der Waals surface area contributed by atoms with Gasteiger partial charge in [0.25, 0.3) is 5.91 Å². The first-order chi connectivity index (χ1) is 7.91. The Balaban J connectivity index is 3.05. The van der Waals surface area contributed by atoms with Crippen molar-refractivity contribution in [2.24, 2.45) is 5.73 Å². The van der Waals surface area contributed by atoms with Gasteiger partial charge in [0, 0.05) is 6.04 Å². The Bertz CT molecular complexity index is 432. The lowest BCUT2D eigenvalue weighted by molar-refractivity contribution is -0.135. The summed E-state index contributed by atoms with van der Waals surface area (Å²) in [6.45, 7) is 3.52. The third-order valence-electron chi connectivity index (χ3n) is 2.21. The van der Waals surface area contributed by atoms with E-state index in [1.165, 1.54) is 6.07 Å². The predicted molar refractivity (Wildman–Crippen MR) is 62.9 cm³/mol. The molecule has 0 aliphatic heterocycles. The third kappa shape index (κ3) is 3.44. The molecule has 3 N–H and O–H groups in total. The summed E-state index contributed by atoms with van der Waals surface area (Å²) in [5.41, 5.74) is 5.25. The van der Waals surface area contributed by atoms with Gasteiger partial charge in [-0.25, -0.2) is 4.98 Å². The molecule has 6 heteroatoms. The van der Waals surface area contributed by atoms with Crippen LogP contribution in [-0.4, -0.2) is 34.6 Å². The zero-order valence-electron chi connectivity index (χ0n) is 9.75. The average molecular weight is 237 g/mol. The molecule has 0 saturated carbocycles. The van der Waals surface area contributed by atoms with Gasteiger partial charge >= 0.3 is 5.97 Å². The number of amides is 1. The van der Waals surface area contributed by atoms with Gasteiger partial charge in [0.15, 0.2) is 0 Å². The second kappa shape index (κ2) is 5.29. The van der Waals surface area contributed by atoms with E-state index in [0.29, 0.717) is 5.82 Å². The highest BCUT2D eigenvalue weighted by atomic mass is 16.4. The Morgan fingerprint density at radius 1 is 1.47 bits per heavy atom. The Kier molecular flexibility index (Phi) is 4.03. The molecule has 0 fully saturated rings. The summed E-state index contributed by atoms with van der Waals surface area (Å²) in [5, 5.41) is 8.81. The smallest absolute Gasteiger partial charge is 0.323 e. The van der Waals surface area contributed by atoms with E-state index in [0.717, 1.165) is 0 Å². The minimum Gasteiger partial charge on any atom is -0.480 e. The number of nitrogens with zero attached hydrogens (tertiary/aromatic N) is 2. The molecule has 0 unspecified atom stereocenters. The summed E-state index contributed by atoms with van der Waals surface area (Å²) >= 11 is 0. The van der Waals surface area contributed by atoms with Crippen LogP contribution in [0.15, 0.2) is 18.2 Å². The molecule has 0 aromatic carbocycles. The van der Waals surface area contributed by atoms with Gasteiger partial charge < -0.3 is 15.7 Å². The van der Waals surface area contributed by atoms with Gasteiger partial charge in [-0.05, 0) is 26.0 Å². The molecular formula is C11H15N3O3. The number of anilines is 1. The molecule has 0 radical (unpaired) electrons. The molecule has 1 aromatic heterocycles. The second-order valence-corrected chi connectivity index (χ2v) is 3.86. The molecule has 1 heterocycles. The lowest BCUT2D eigenvalue weighted by atomic mass is 10.2. The minimum absolute atomic E-state index is 0.0401. The van der Waals surface area contributed by atoms with Crippen LogP contribution < -0.4 is 10.6 Å². The Morgan fingerprint density at radius 3 is 2.59 bits per heavy atom. The number of aliphatic carboxylic acids is 1. The highest BCUT2D eigenvalue weighted by Gasteiger charge is 2.16. The average Bonchev–Trinajstić information content (AvgIpc) is 2.25. The molecule has 17 heavy (non-hydrogen) atoms. The van der Waals surface area contributed by atoms with E-state index in [9.17, 15) is 9.59 Å². The fraction of sp³-hybridized carbons (Fsp3) is 0.364. The van der Waals surface area contributed by atoms with E-state index >= 15 is 0 Å². The van der Waals surface area contributed by atoms with Crippen LogP contribution in [-0.2, 0) is 4.79 Å². The number of pyridine rings is 1. The zero-order valence-corrected chi connectivity index (χ0v) is 9.75. The van der Waals surface area contributed by atoms with Crippen LogP contribution in [0.5, 0.6) is 0 Å². The molecule has 6 nitrogen and oxygen atoms in total. The normalized spacial score (nSPS) is 10.3. The van der Waals surface area contributed by atoms with E-state index in [-0.39, 0.29) is 18.3 Å². The number of carbonyl (C=O) groups excluding carboxylic acids is 1. The maximum Gasteiger partial charge on any atom is 0.323 e. The van der Waals surface area contributed by atoms with E-state index in [2.05, 4.69) is 4.98 Å². The summed E-state index contributed by atoms with van der Waals surface area (Å²) < 4.78 is 0. The molecule has 1 rings (SSSR count).